The molecule has 0 fully saturated rings. The zero-order chi connectivity index (χ0) is 26.8. The van der Waals surface area contributed by atoms with Crippen molar-refractivity contribution in [1.29, 1.82) is 0 Å². The number of aromatic hydroxyl groups is 1. The molecule has 0 saturated heterocycles. The number of nitrogens with one attached hydrogen (secondary N) is 2. The molecule has 0 radical (unpaired) electrons. The van der Waals surface area contributed by atoms with E-state index in [0.717, 1.165) is 12.8 Å². The quantitative estimate of drug-likeness (QED) is 0.376. The second kappa shape index (κ2) is 13.6. The number of carbonyl (C=O) groups excluding carboxylic acids is 3. The van der Waals surface area contributed by atoms with Crippen LogP contribution in [-0.2, 0) is 14.3 Å². The normalized spacial score (nSPS) is 13.5. The van der Waals surface area contributed by atoms with Crippen molar-refractivity contribution >= 4 is 29.7 Å². The zero-order valence-electron chi connectivity index (χ0n) is 22.4. The molecule has 8 nitrogen and oxygen atoms in total. The van der Waals surface area contributed by atoms with Gasteiger partial charge in [0.25, 0.3) is 0 Å². The summed E-state index contributed by atoms with van der Waals surface area (Å²) in [6, 6.07) is 4.53. The predicted molar refractivity (Wildman–Crippen MR) is 142 cm³/mol. The molecule has 3 amide bonds. The van der Waals surface area contributed by atoms with Crippen LogP contribution in [0.5, 0.6) is 5.75 Å². The molecule has 0 heterocycles. The smallest absolute Gasteiger partial charge is 0.408 e. The number of unbranched alkanes of at least 4 members (excludes halogenated alkanes) is 1. The Hall–Kier alpha value is -2.42. The van der Waals surface area contributed by atoms with Crippen molar-refractivity contribution in [3.8, 4) is 5.75 Å². The Kier molecular flexibility index (Phi) is 11.9. The number of para-hydroxylation sites is 1. The lowest BCUT2D eigenvalue weighted by Gasteiger charge is -2.43. The third-order valence-corrected chi connectivity index (χ3v) is 5.77. The third-order valence-electron chi connectivity index (χ3n) is 5.13. The fraction of sp³-hybridized carbons (Fsp3) is 0.654. The molecule has 0 aliphatic heterocycles. The number of amides is 3. The van der Waals surface area contributed by atoms with Crippen LogP contribution in [0.15, 0.2) is 24.3 Å². The van der Waals surface area contributed by atoms with Gasteiger partial charge in [-0.1, -0.05) is 31.5 Å². The molecule has 0 saturated carbocycles. The summed E-state index contributed by atoms with van der Waals surface area (Å²) in [5, 5.41) is 16.3. The molecule has 2 unspecified atom stereocenters. The summed E-state index contributed by atoms with van der Waals surface area (Å²) in [7, 11) is 0. The lowest BCUT2D eigenvalue weighted by Crippen LogP contribution is -2.58. The van der Waals surface area contributed by atoms with E-state index in [-0.39, 0.29) is 11.7 Å². The number of carbonyl (C=O) groups is 3. The first kappa shape index (κ1) is 30.6. The first-order valence-corrected chi connectivity index (χ1v) is 13.5. The van der Waals surface area contributed by atoms with Crippen molar-refractivity contribution in [2.45, 2.75) is 91.0 Å². The van der Waals surface area contributed by atoms with E-state index in [1.165, 1.54) is 11.0 Å². The Morgan fingerprint density at radius 3 is 2.26 bits per heavy atom. The average molecular weight is 510 g/mol. The van der Waals surface area contributed by atoms with Crippen molar-refractivity contribution in [2.24, 2.45) is 0 Å². The van der Waals surface area contributed by atoms with Crippen LogP contribution >= 0.6 is 11.8 Å². The number of rotatable bonds is 11. The van der Waals surface area contributed by atoms with Crippen LogP contribution in [0, 0.1) is 0 Å². The Balaban J connectivity index is 3.50. The Labute approximate surface area is 214 Å². The van der Waals surface area contributed by atoms with Gasteiger partial charge in [-0.15, -0.1) is 0 Å². The summed E-state index contributed by atoms with van der Waals surface area (Å²) < 4.78 is 5.39. The van der Waals surface area contributed by atoms with E-state index in [2.05, 4.69) is 10.6 Å². The Morgan fingerprint density at radius 2 is 1.74 bits per heavy atom. The van der Waals surface area contributed by atoms with E-state index in [9.17, 15) is 19.5 Å². The maximum atomic E-state index is 14.0. The third kappa shape index (κ3) is 9.99. The van der Waals surface area contributed by atoms with Crippen LogP contribution < -0.4 is 10.6 Å². The molecule has 0 bridgehead atoms. The highest BCUT2D eigenvalue weighted by atomic mass is 32.2. The molecule has 35 heavy (non-hydrogen) atoms. The molecule has 9 heteroatoms. The van der Waals surface area contributed by atoms with Crippen molar-refractivity contribution in [2.75, 3.05) is 18.6 Å². The van der Waals surface area contributed by atoms with Crippen molar-refractivity contribution in [3.63, 3.8) is 0 Å². The van der Waals surface area contributed by atoms with E-state index < -0.39 is 35.2 Å². The first-order chi connectivity index (χ1) is 16.2. The number of thioether (sulfide) groups is 1. The maximum Gasteiger partial charge on any atom is 0.408 e. The zero-order valence-corrected chi connectivity index (χ0v) is 23.3. The van der Waals surface area contributed by atoms with Gasteiger partial charge < -0.3 is 25.4 Å². The molecule has 0 aliphatic rings. The minimum Gasteiger partial charge on any atom is -0.508 e. The van der Waals surface area contributed by atoms with Crippen LogP contribution in [0.3, 0.4) is 0 Å². The minimum absolute atomic E-state index is 0.0778. The highest BCUT2D eigenvalue weighted by Crippen LogP contribution is 2.34. The number of hydrogen-bond acceptors (Lipinski definition) is 6. The van der Waals surface area contributed by atoms with Gasteiger partial charge in [-0.05, 0) is 72.5 Å². The van der Waals surface area contributed by atoms with Gasteiger partial charge >= 0.3 is 6.09 Å². The molecule has 0 spiro atoms. The minimum atomic E-state index is -1.09. The summed E-state index contributed by atoms with van der Waals surface area (Å²) in [4.78, 5) is 41.6. The Morgan fingerprint density at radius 1 is 1.11 bits per heavy atom. The molecule has 3 N–H and O–H groups in total. The van der Waals surface area contributed by atoms with Gasteiger partial charge in [0.1, 0.15) is 23.4 Å². The van der Waals surface area contributed by atoms with E-state index in [0.29, 0.717) is 24.3 Å². The predicted octanol–water partition coefficient (Wildman–Crippen LogP) is 4.62. The summed E-state index contributed by atoms with van der Waals surface area (Å²) >= 11 is 1.55. The highest BCUT2D eigenvalue weighted by Gasteiger charge is 2.42. The number of nitrogens with zero attached hydrogens (tertiary/aromatic N) is 1. The molecule has 0 aromatic heterocycles. The molecule has 198 valence electrons. The van der Waals surface area contributed by atoms with Crippen LogP contribution in [0.1, 0.15) is 79.3 Å². The SMILES string of the molecule is CCCCNC(=O)C(c1ccccc1O)N(C(=O)C(CCSC)NC(=O)OC(C)(C)C)C(C)(C)C. The molecule has 2 atom stereocenters. The number of hydrogen-bond donors (Lipinski definition) is 3. The number of phenols is 1. The average Bonchev–Trinajstić information content (AvgIpc) is 2.73. The molecular formula is C26H43N3O5S. The summed E-state index contributed by atoms with van der Waals surface area (Å²) in [6.45, 7) is 13.2. The summed E-state index contributed by atoms with van der Waals surface area (Å²) in [5.41, 5.74) is -1.21. The van der Waals surface area contributed by atoms with Gasteiger partial charge in [0.15, 0.2) is 0 Å². The van der Waals surface area contributed by atoms with Gasteiger partial charge in [-0.25, -0.2) is 4.79 Å². The molecule has 1 aromatic rings. The van der Waals surface area contributed by atoms with Gasteiger partial charge in [-0.3, -0.25) is 9.59 Å². The number of benzene rings is 1. The molecule has 0 aliphatic carbocycles. The van der Waals surface area contributed by atoms with Gasteiger partial charge in [0.2, 0.25) is 11.8 Å². The monoisotopic (exact) mass is 509 g/mol. The number of alkyl carbamates (subject to hydrolysis) is 1. The van der Waals surface area contributed by atoms with E-state index in [1.54, 1.807) is 50.7 Å². The number of ether oxygens (including phenoxy) is 1. The van der Waals surface area contributed by atoms with Crippen LogP contribution in [-0.4, -0.2) is 63.6 Å². The fourth-order valence-electron chi connectivity index (χ4n) is 3.56. The molecule has 1 rings (SSSR count). The fourth-order valence-corrected chi connectivity index (χ4v) is 4.03. The van der Waals surface area contributed by atoms with Crippen molar-refractivity contribution < 1.29 is 24.2 Å². The Bertz CT molecular complexity index is 848. The van der Waals surface area contributed by atoms with Gasteiger partial charge in [0.05, 0.1) is 0 Å². The van der Waals surface area contributed by atoms with Crippen LogP contribution in [0.2, 0.25) is 0 Å². The maximum absolute atomic E-state index is 14.0. The van der Waals surface area contributed by atoms with Crippen molar-refractivity contribution in [1.82, 2.24) is 15.5 Å². The first-order valence-electron chi connectivity index (χ1n) is 12.1. The summed E-state index contributed by atoms with van der Waals surface area (Å²) in [6.07, 6.45) is 3.27. The topological polar surface area (TPSA) is 108 Å². The largest absolute Gasteiger partial charge is 0.508 e. The lowest BCUT2D eigenvalue weighted by atomic mass is 9.94. The second-order valence-corrected chi connectivity index (χ2v) is 11.5. The van der Waals surface area contributed by atoms with E-state index in [1.807, 2.05) is 34.0 Å². The summed E-state index contributed by atoms with van der Waals surface area (Å²) in [5.74, 6) is -0.264. The second-order valence-electron chi connectivity index (χ2n) is 10.5. The van der Waals surface area contributed by atoms with Gasteiger partial charge in [0, 0.05) is 17.6 Å². The van der Waals surface area contributed by atoms with Crippen LogP contribution in [0.4, 0.5) is 4.79 Å². The standard InChI is InChI=1S/C26H43N3O5S/c1-9-10-16-27-22(31)21(18-13-11-12-14-20(18)30)29(25(2,3)4)23(32)19(15-17-35-8)28-24(33)34-26(5,6)7/h11-14,19,21,30H,9-10,15-17H2,1-8H3,(H,27,31)(H,28,33). The van der Waals surface area contributed by atoms with E-state index >= 15 is 0 Å². The highest BCUT2D eigenvalue weighted by molar-refractivity contribution is 7.98. The van der Waals surface area contributed by atoms with Crippen molar-refractivity contribution in [3.05, 3.63) is 29.8 Å². The van der Waals surface area contributed by atoms with Crippen LogP contribution in [0.25, 0.3) is 0 Å². The lowest BCUT2D eigenvalue weighted by molar-refractivity contribution is -0.148. The van der Waals surface area contributed by atoms with Gasteiger partial charge in [-0.2, -0.15) is 11.8 Å². The number of phenolic OH excluding ortho intramolecular Hbond substituents is 1. The van der Waals surface area contributed by atoms with E-state index in [4.69, 9.17) is 4.74 Å². The molecule has 1 aromatic carbocycles. The molecular weight excluding hydrogens is 466 g/mol.